The van der Waals surface area contributed by atoms with Gasteiger partial charge in [-0.15, -0.1) is 0 Å². The molecule has 1 heterocycles. The van der Waals surface area contributed by atoms with E-state index < -0.39 is 29.8 Å². The Morgan fingerprint density at radius 3 is 2.28 bits per heavy atom. The van der Waals surface area contributed by atoms with E-state index >= 15 is 0 Å². The maximum absolute atomic E-state index is 12.0. The zero-order chi connectivity index (χ0) is 14.1. The Hall–Kier alpha value is -1.30. The first-order valence-corrected chi connectivity index (χ1v) is 6.04. The quantitative estimate of drug-likeness (QED) is 0.739. The van der Waals surface area contributed by atoms with Crippen molar-refractivity contribution in [2.75, 3.05) is 0 Å². The van der Waals surface area contributed by atoms with Crippen LogP contribution in [0.15, 0.2) is 0 Å². The molecule has 0 aromatic heterocycles. The van der Waals surface area contributed by atoms with Crippen molar-refractivity contribution in [1.29, 1.82) is 0 Å². The summed E-state index contributed by atoms with van der Waals surface area (Å²) in [6.07, 6.45) is -0.934. The molecule has 0 aromatic carbocycles. The minimum atomic E-state index is -1.12. The van der Waals surface area contributed by atoms with E-state index in [1.807, 2.05) is 0 Å². The number of nitrogens with zero attached hydrogens (tertiary/aromatic N) is 1. The van der Waals surface area contributed by atoms with E-state index in [4.69, 9.17) is 9.84 Å². The van der Waals surface area contributed by atoms with Crippen LogP contribution < -0.4 is 0 Å². The molecule has 0 radical (unpaired) electrons. The summed E-state index contributed by atoms with van der Waals surface area (Å²) < 4.78 is 5.21. The van der Waals surface area contributed by atoms with E-state index in [-0.39, 0.29) is 12.5 Å². The summed E-state index contributed by atoms with van der Waals surface area (Å²) in [5.41, 5.74) is -0.671. The van der Waals surface area contributed by atoms with Gasteiger partial charge in [-0.25, -0.2) is 9.59 Å². The molecule has 1 saturated heterocycles. The fourth-order valence-corrected chi connectivity index (χ4v) is 2.12. The van der Waals surface area contributed by atoms with Crippen LogP contribution >= 0.6 is 0 Å². The SMILES string of the molecule is CC1CC(O)CC(C(=O)O)N1C(=O)OC(C)(C)C. The molecule has 0 saturated carbocycles. The third-order valence-corrected chi connectivity index (χ3v) is 2.81. The first-order valence-electron chi connectivity index (χ1n) is 6.04. The Morgan fingerprint density at radius 1 is 1.28 bits per heavy atom. The third kappa shape index (κ3) is 3.60. The molecular weight excluding hydrogens is 238 g/mol. The molecular formula is C12H21NO5. The topological polar surface area (TPSA) is 87.1 Å². The van der Waals surface area contributed by atoms with E-state index in [1.165, 1.54) is 4.90 Å². The molecule has 0 aromatic rings. The van der Waals surface area contributed by atoms with E-state index in [1.54, 1.807) is 27.7 Å². The van der Waals surface area contributed by atoms with Gasteiger partial charge in [0.2, 0.25) is 0 Å². The van der Waals surface area contributed by atoms with E-state index in [0.29, 0.717) is 6.42 Å². The van der Waals surface area contributed by atoms with Gasteiger partial charge in [-0.1, -0.05) is 0 Å². The zero-order valence-corrected chi connectivity index (χ0v) is 11.2. The van der Waals surface area contributed by atoms with Crippen molar-refractivity contribution in [3.63, 3.8) is 0 Å². The van der Waals surface area contributed by atoms with Crippen LogP contribution in [0.2, 0.25) is 0 Å². The smallest absolute Gasteiger partial charge is 0.411 e. The fourth-order valence-electron chi connectivity index (χ4n) is 2.12. The summed E-state index contributed by atoms with van der Waals surface area (Å²) in [6, 6.07) is -1.39. The lowest BCUT2D eigenvalue weighted by molar-refractivity contribution is -0.148. The Balaban J connectivity index is 2.87. The number of carboxylic acids is 1. The molecule has 1 fully saturated rings. The van der Waals surface area contributed by atoms with Gasteiger partial charge in [-0.3, -0.25) is 4.90 Å². The number of carboxylic acid groups (broad SMARTS) is 1. The molecule has 104 valence electrons. The Bertz CT molecular complexity index is 336. The Labute approximate surface area is 107 Å². The van der Waals surface area contributed by atoms with Crippen LogP contribution in [-0.2, 0) is 9.53 Å². The van der Waals surface area contributed by atoms with Gasteiger partial charge in [0.15, 0.2) is 0 Å². The molecule has 18 heavy (non-hydrogen) atoms. The summed E-state index contributed by atoms with van der Waals surface area (Å²) >= 11 is 0. The highest BCUT2D eigenvalue weighted by atomic mass is 16.6. The molecule has 3 unspecified atom stereocenters. The predicted molar refractivity (Wildman–Crippen MR) is 64.2 cm³/mol. The molecule has 0 bridgehead atoms. The van der Waals surface area contributed by atoms with E-state index in [0.717, 1.165) is 0 Å². The van der Waals surface area contributed by atoms with Gasteiger partial charge >= 0.3 is 12.1 Å². The first kappa shape index (κ1) is 14.8. The standard InChI is InChI=1S/C12H21NO5/c1-7-5-8(14)6-9(10(15)16)13(7)11(17)18-12(2,3)4/h7-9,14H,5-6H2,1-4H3,(H,15,16). The first-order chi connectivity index (χ1) is 8.11. The number of likely N-dealkylation sites (tertiary alicyclic amines) is 1. The maximum Gasteiger partial charge on any atom is 0.411 e. The van der Waals surface area contributed by atoms with Gasteiger partial charge < -0.3 is 14.9 Å². The second-order valence-corrected chi connectivity index (χ2v) is 5.72. The normalized spacial score (nSPS) is 28.9. The van der Waals surface area contributed by atoms with E-state index in [2.05, 4.69) is 0 Å². The maximum atomic E-state index is 12.0. The van der Waals surface area contributed by atoms with Gasteiger partial charge in [0.25, 0.3) is 0 Å². The Kier molecular flexibility index (Phi) is 4.21. The number of hydrogen-bond donors (Lipinski definition) is 2. The number of aliphatic carboxylic acids is 1. The van der Waals surface area contributed by atoms with Gasteiger partial charge in [0.05, 0.1) is 6.10 Å². The van der Waals surface area contributed by atoms with Crippen molar-refractivity contribution in [3.05, 3.63) is 0 Å². The predicted octanol–water partition coefficient (Wildman–Crippen LogP) is 1.22. The summed E-state index contributed by atoms with van der Waals surface area (Å²) in [5.74, 6) is -1.12. The van der Waals surface area contributed by atoms with Crippen molar-refractivity contribution < 1.29 is 24.5 Å². The molecule has 2 N–H and O–H groups in total. The highest BCUT2D eigenvalue weighted by Gasteiger charge is 2.41. The molecule has 3 atom stereocenters. The highest BCUT2D eigenvalue weighted by molar-refractivity contribution is 5.80. The highest BCUT2D eigenvalue weighted by Crippen LogP contribution is 2.25. The number of aliphatic hydroxyl groups is 1. The van der Waals surface area contributed by atoms with Crippen LogP contribution in [-0.4, -0.2) is 51.0 Å². The third-order valence-electron chi connectivity index (χ3n) is 2.81. The summed E-state index contributed by atoms with van der Waals surface area (Å²) in [6.45, 7) is 6.89. The summed E-state index contributed by atoms with van der Waals surface area (Å²) in [4.78, 5) is 24.4. The molecule has 6 nitrogen and oxygen atoms in total. The number of piperidine rings is 1. The van der Waals surface area contributed by atoms with Crippen molar-refractivity contribution in [2.45, 2.75) is 64.3 Å². The lowest BCUT2D eigenvalue weighted by Crippen LogP contribution is -2.56. The second kappa shape index (κ2) is 5.14. The van der Waals surface area contributed by atoms with Gasteiger partial charge in [-0.05, 0) is 34.1 Å². The van der Waals surface area contributed by atoms with Gasteiger partial charge in [-0.2, -0.15) is 0 Å². The molecule has 1 aliphatic heterocycles. The number of aliphatic hydroxyl groups excluding tert-OH is 1. The summed E-state index contributed by atoms with van der Waals surface area (Å²) in [5, 5.41) is 18.7. The number of amides is 1. The monoisotopic (exact) mass is 259 g/mol. The van der Waals surface area contributed by atoms with Crippen LogP contribution in [0.3, 0.4) is 0 Å². The minimum Gasteiger partial charge on any atom is -0.480 e. The van der Waals surface area contributed by atoms with Crippen LogP contribution in [0, 0.1) is 0 Å². The lowest BCUT2D eigenvalue weighted by Gasteiger charge is -2.40. The molecule has 1 rings (SSSR count). The fraction of sp³-hybridized carbons (Fsp3) is 0.833. The van der Waals surface area contributed by atoms with Crippen molar-refractivity contribution in [3.8, 4) is 0 Å². The van der Waals surface area contributed by atoms with Crippen LogP contribution in [0.5, 0.6) is 0 Å². The largest absolute Gasteiger partial charge is 0.480 e. The Morgan fingerprint density at radius 2 is 1.83 bits per heavy atom. The van der Waals surface area contributed by atoms with Gasteiger partial charge in [0.1, 0.15) is 11.6 Å². The number of hydrogen-bond acceptors (Lipinski definition) is 4. The number of carbonyl (C=O) groups is 2. The van der Waals surface area contributed by atoms with Crippen LogP contribution in [0.4, 0.5) is 4.79 Å². The van der Waals surface area contributed by atoms with Crippen molar-refractivity contribution in [1.82, 2.24) is 4.90 Å². The van der Waals surface area contributed by atoms with Gasteiger partial charge in [0, 0.05) is 12.5 Å². The molecule has 1 amide bonds. The average Bonchev–Trinajstić information content (AvgIpc) is 2.12. The van der Waals surface area contributed by atoms with E-state index in [9.17, 15) is 14.7 Å². The van der Waals surface area contributed by atoms with Crippen LogP contribution in [0.25, 0.3) is 0 Å². The number of carbonyl (C=O) groups excluding carboxylic acids is 1. The van der Waals surface area contributed by atoms with Crippen molar-refractivity contribution >= 4 is 12.1 Å². The molecule has 6 heteroatoms. The lowest BCUT2D eigenvalue weighted by atomic mass is 9.94. The van der Waals surface area contributed by atoms with Crippen molar-refractivity contribution in [2.24, 2.45) is 0 Å². The number of rotatable bonds is 1. The molecule has 1 aliphatic rings. The average molecular weight is 259 g/mol. The summed E-state index contributed by atoms with van der Waals surface area (Å²) in [7, 11) is 0. The molecule has 0 aliphatic carbocycles. The zero-order valence-electron chi connectivity index (χ0n) is 11.2. The minimum absolute atomic E-state index is 0.0406. The molecule has 0 spiro atoms. The second-order valence-electron chi connectivity index (χ2n) is 5.72. The van der Waals surface area contributed by atoms with Crippen LogP contribution in [0.1, 0.15) is 40.5 Å². The number of ether oxygens (including phenoxy) is 1.